The van der Waals surface area contributed by atoms with Gasteiger partial charge in [0.2, 0.25) is 0 Å². The molecule has 0 N–H and O–H groups in total. The second-order valence-electron chi connectivity index (χ2n) is 13.7. The number of hydrogen-bond donors (Lipinski definition) is 0. The molecule has 0 saturated heterocycles. The first-order chi connectivity index (χ1) is 25.8. The van der Waals surface area contributed by atoms with E-state index in [2.05, 4.69) is 179 Å². The van der Waals surface area contributed by atoms with Crippen molar-refractivity contribution < 1.29 is 0 Å². The van der Waals surface area contributed by atoms with Crippen molar-refractivity contribution in [3.8, 4) is 22.5 Å². The van der Waals surface area contributed by atoms with Gasteiger partial charge < -0.3 is 9.13 Å². The van der Waals surface area contributed by atoms with Gasteiger partial charge in [0, 0.05) is 73.3 Å². The Kier molecular flexibility index (Phi) is 5.84. The normalized spacial score (nSPS) is 12.2. The van der Waals surface area contributed by atoms with Crippen molar-refractivity contribution in [1.29, 1.82) is 0 Å². The van der Waals surface area contributed by atoms with Crippen LogP contribution in [-0.4, -0.2) is 9.13 Å². The minimum absolute atomic E-state index is 1.17. The third-order valence-corrected chi connectivity index (χ3v) is 13.2. The van der Waals surface area contributed by atoms with Crippen LogP contribution >= 0.6 is 22.7 Å². The van der Waals surface area contributed by atoms with Crippen LogP contribution in [0.25, 0.3) is 106 Å². The molecule has 2 nitrogen and oxygen atoms in total. The van der Waals surface area contributed by atoms with Crippen LogP contribution in [0.3, 0.4) is 0 Å². The van der Waals surface area contributed by atoms with Crippen molar-refractivity contribution in [2.45, 2.75) is 0 Å². The van der Waals surface area contributed by atoms with Gasteiger partial charge in [0.25, 0.3) is 0 Å². The van der Waals surface area contributed by atoms with Crippen LogP contribution in [0.4, 0.5) is 0 Å². The number of thiophene rings is 2. The zero-order valence-electron chi connectivity index (χ0n) is 27.9. The average Bonchev–Trinajstić information content (AvgIpc) is 3.94. The molecule has 0 aliphatic carbocycles. The lowest BCUT2D eigenvalue weighted by Gasteiger charge is -2.11. The summed E-state index contributed by atoms with van der Waals surface area (Å²) < 4.78 is 10.2. The standard InChI is InChI=1S/C48H28N2S2/c1-5-13-41-33(9-1)37-27-47-39(35-11-3-7-15-45(35)51-47)25-43(37)49(41)31-21-17-29(18-22-31)30-19-23-32(24-20-30)50-42-14-6-2-10-34(42)38-28-48-40(26-44(38)50)36-12-4-8-16-46(36)52-48/h1-28H. The average molecular weight is 697 g/mol. The summed E-state index contributed by atoms with van der Waals surface area (Å²) in [5.41, 5.74) is 9.70. The molecule has 0 saturated carbocycles. The molecular formula is C48H28N2S2. The lowest BCUT2D eigenvalue weighted by atomic mass is 10.0. The van der Waals surface area contributed by atoms with E-state index in [-0.39, 0.29) is 0 Å². The van der Waals surface area contributed by atoms with E-state index in [1.807, 2.05) is 22.7 Å². The van der Waals surface area contributed by atoms with E-state index in [0.717, 1.165) is 0 Å². The van der Waals surface area contributed by atoms with Crippen LogP contribution in [0.5, 0.6) is 0 Å². The predicted octanol–water partition coefficient (Wildman–Crippen LogP) is 14.3. The number of fused-ring (bicyclic) bond motifs is 12. The molecule has 12 aromatic rings. The molecule has 8 aromatic carbocycles. The summed E-state index contributed by atoms with van der Waals surface area (Å²) in [6, 6.07) is 62.9. The van der Waals surface area contributed by atoms with E-state index in [1.165, 1.54) is 106 Å². The lowest BCUT2D eigenvalue weighted by molar-refractivity contribution is 1.18. The zero-order valence-corrected chi connectivity index (χ0v) is 29.5. The number of aromatic nitrogens is 2. The monoisotopic (exact) mass is 696 g/mol. The zero-order chi connectivity index (χ0) is 33.9. The van der Waals surface area contributed by atoms with E-state index in [1.54, 1.807) is 0 Å². The molecule has 0 bridgehead atoms. The summed E-state index contributed by atoms with van der Waals surface area (Å²) >= 11 is 3.76. The van der Waals surface area contributed by atoms with Gasteiger partial charge in [-0.3, -0.25) is 0 Å². The maximum atomic E-state index is 2.43. The second kappa shape index (κ2) is 10.7. The molecule has 0 spiro atoms. The Labute approximate surface area is 306 Å². The highest BCUT2D eigenvalue weighted by molar-refractivity contribution is 7.26. The van der Waals surface area contributed by atoms with Crippen LogP contribution in [0, 0.1) is 0 Å². The van der Waals surface area contributed by atoms with Crippen molar-refractivity contribution >= 4 is 107 Å². The smallest absolute Gasteiger partial charge is 0.0548 e. The Morgan fingerprint density at radius 1 is 0.269 bits per heavy atom. The number of para-hydroxylation sites is 2. The molecule has 4 aromatic heterocycles. The van der Waals surface area contributed by atoms with E-state index >= 15 is 0 Å². The highest BCUT2D eigenvalue weighted by Crippen LogP contribution is 2.42. The van der Waals surface area contributed by atoms with Crippen LogP contribution < -0.4 is 0 Å². The van der Waals surface area contributed by atoms with Gasteiger partial charge in [-0.25, -0.2) is 0 Å². The fourth-order valence-electron chi connectivity index (χ4n) is 8.54. The molecule has 0 aliphatic heterocycles. The van der Waals surface area contributed by atoms with E-state index < -0.39 is 0 Å². The maximum Gasteiger partial charge on any atom is 0.0548 e. The van der Waals surface area contributed by atoms with Gasteiger partial charge in [0.1, 0.15) is 0 Å². The molecule has 0 aliphatic rings. The van der Waals surface area contributed by atoms with E-state index in [4.69, 9.17) is 0 Å². The van der Waals surface area contributed by atoms with Gasteiger partial charge in [-0.1, -0.05) is 97.1 Å². The van der Waals surface area contributed by atoms with Crippen molar-refractivity contribution in [3.63, 3.8) is 0 Å². The maximum absolute atomic E-state index is 2.43. The minimum atomic E-state index is 1.17. The van der Waals surface area contributed by atoms with Gasteiger partial charge in [0.05, 0.1) is 22.1 Å². The Morgan fingerprint density at radius 2 is 0.654 bits per heavy atom. The topological polar surface area (TPSA) is 9.86 Å². The van der Waals surface area contributed by atoms with E-state index in [9.17, 15) is 0 Å². The fraction of sp³-hybridized carbons (Fsp3) is 0. The minimum Gasteiger partial charge on any atom is -0.309 e. The fourth-order valence-corrected chi connectivity index (χ4v) is 10.8. The van der Waals surface area contributed by atoms with Crippen molar-refractivity contribution in [3.05, 3.63) is 170 Å². The molecule has 0 atom stereocenters. The van der Waals surface area contributed by atoms with Gasteiger partial charge in [-0.2, -0.15) is 0 Å². The van der Waals surface area contributed by atoms with Gasteiger partial charge in [0.15, 0.2) is 0 Å². The van der Waals surface area contributed by atoms with Gasteiger partial charge in [-0.05, 0) is 83.9 Å². The molecule has 0 amide bonds. The third kappa shape index (κ3) is 3.99. The molecule has 0 radical (unpaired) electrons. The first kappa shape index (κ1) is 28.5. The molecule has 12 rings (SSSR count). The molecule has 52 heavy (non-hydrogen) atoms. The Hall–Kier alpha value is -6.20. The first-order valence-corrected chi connectivity index (χ1v) is 19.3. The van der Waals surface area contributed by atoms with Gasteiger partial charge in [-0.15, -0.1) is 22.7 Å². The van der Waals surface area contributed by atoms with Crippen LogP contribution in [0.2, 0.25) is 0 Å². The molecule has 242 valence electrons. The summed E-state index contributed by atoms with van der Waals surface area (Å²) in [7, 11) is 0. The van der Waals surface area contributed by atoms with Crippen LogP contribution in [-0.2, 0) is 0 Å². The number of benzene rings is 8. The van der Waals surface area contributed by atoms with E-state index in [0.29, 0.717) is 0 Å². The Bertz CT molecular complexity index is 3160. The third-order valence-electron chi connectivity index (χ3n) is 10.9. The number of rotatable bonds is 3. The van der Waals surface area contributed by atoms with Crippen molar-refractivity contribution in [1.82, 2.24) is 9.13 Å². The quantitative estimate of drug-likeness (QED) is 0.174. The van der Waals surface area contributed by atoms with Crippen LogP contribution in [0.15, 0.2) is 170 Å². The molecule has 0 unspecified atom stereocenters. The molecule has 4 heterocycles. The molecular weight excluding hydrogens is 669 g/mol. The highest BCUT2D eigenvalue weighted by atomic mass is 32.1. The SMILES string of the molecule is c1ccc2c(c1)sc1cc3c4ccccc4n(-c4ccc(-c5ccc(-n6c7ccccc7c7cc8sc9ccccc9c8cc76)cc5)cc4)c3cc12. The summed E-state index contributed by atoms with van der Waals surface area (Å²) in [6.45, 7) is 0. The summed E-state index contributed by atoms with van der Waals surface area (Å²) in [5, 5.41) is 10.5. The summed E-state index contributed by atoms with van der Waals surface area (Å²) in [6.07, 6.45) is 0. The first-order valence-electron chi connectivity index (χ1n) is 17.7. The number of hydrogen-bond acceptors (Lipinski definition) is 2. The van der Waals surface area contributed by atoms with Crippen LogP contribution in [0.1, 0.15) is 0 Å². The van der Waals surface area contributed by atoms with Crippen molar-refractivity contribution in [2.75, 3.05) is 0 Å². The largest absolute Gasteiger partial charge is 0.309 e. The molecule has 4 heteroatoms. The number of nitrogens with zero attached hydrogens (tertiary/aromatic N) is 2. The van der Waals surface area contributed by atoms with Crippen molar-refractivity contribution in [2.24, 2.45) is 0 Å². The molecule has 0 fully saturated rings. The summed E-state index contributed by atoms with van der Waals surface area (Å²) in [5.74, 6) is 0. The van der Waals surface area contributed by atoms with Gasteiger partial charge >= 0.3 is 0 Å². The summed E-state index contributed by atoms with van der Waals surface area (Å²) in [4.78, 5) is 0. The second-order valence-corrected chi connectivity index (χ2v) is 15.9. The lowest BCUT2D eigenvalue weighted by Crippen LogP contribution is -1.94. The highest BCUT2D eigenvalue weighted by Gasteiger charge is 2.17. The predicted molar refractivity (Wildman–Crippen MR) is 226 cm³/mol. The Balaban J connectivity index is 0.967. The Morgan fingerprint density at radius 3 is 1.10 bits per heavy atom.